The van der Waals surface area contributed by atoms with Gasteiger partial charge in [0.1, 0.15) is 17.2 Å². The molecule has 0 saturated heterocycles. The predicted octanol–water partition coefficient (Wildman–Crippen LogP) is 4.69. The Hall–Kier alpha value is -1.65. The summed E-state index contributed by atoms with van der Waals surface area (Å²) in [7, 11) is 0. The Morgan fingerprint density at radius 1 is 1.20 bits per heavy atom. The first-order valence-electron chi connectivity index (χ1n) is 6.26. The molecule has 0 amide bonds. The number of fused-ring (bicyclic) bond motifs is 1. The minimum atomic E-state index is -0.409. The number of halogens is 2. The summed E-state index contributed by atoms with van der Waals surface area (Å²) >= 11 is 3.45. The van der Waals surface area contributed by atoms with Crippen molar-refractivity contribution in [1.29, 1.82) is 0 Å². The summed E-state index contributed by atoms with van der Waals surface area (Å²) < 4.78 is 20.0. The van der Waals surface area contributed by atoms with Crippen LogP contribution in [0.5, 0.6) is 0 Å². The molecule has 1 atom stereocenters. The van der Waals surface area contributed by atoms with E-state index in [2.05, 4.69) is 15.9 Å². The third-order valence-electron chi connectivity index (χ3n) is 3.36. The van der Waals surface area contributed by atoms with Gasteiger partial charge in [-0.3, -0.25) is 0 Å². The van der Waals surface area contributed by atoms with Crippen LogP contribution in [0.1, 0.15) is 22.9 Å². The maximum Gasteiger partial charge on any atom is 0.148 e. The van der Waals surface area contributed by atoms with E-state index in [1.165, 1.54) is 6.07 Å². The van der Waals surface area contributed by atoms with Crippen LogP contribution in [0.15, 0.2) is 51.4 Å². The molecule has 0 saturated carbocycles. The maximum absolute atomic E-state index is 13.3. The molecule has 1 aromatic heterocycles. The molecule has 3 rings (SSSR count). The van der Waals surface area contributed by atoms with E-state index in [0.29, 0.717) is 11.3 Å². The second kappa shape index (κ2) is 5.04. The van der Waals surface area contributed by atoms with Crippen LogP contribution in [0.3, 0.4) is 0 Å². The van der Waals surface area contributed by atoms with E-state index in [0.717, 1.165) is 21.0 Å². The fourth-order valence-electron chi connectivity index (χ4n) is 2.23. The van der Waals surface area contributed by atoms with E-state index in [-0.39, 0.29) is 5.82 Å². The minimum Gasteiger partial charge on any atom is -0.458 e. The van der Waals surface area contributed by atoms with Gasteiger partial charge in [0.15, 0.2) is 0 Å². The standard InChI is InChI=1S/C16H13BrFNO/c1-9-7-10(5-6-13(9)18)15(19)14-8-11-3-2-4-12(17)16(11)20-14/h2-8,15H,19H2,1H3. The first-order chi connectivity index (χ1) is 9.56. The van der Waals surface area contributed by atoms with Crippen LogP contribution in [-0.4, -0.2) is 0 Å². The zero-order valence-electron chi connectivity index (χ0n) is 10.9. The lowest BCUT2D eigenvalue weighted by Crippen LogP contribution is -2.11. The van der Waals surface area contributed by atoms with Crippen molar-refractivity contribution in [3.63, 3.8) is 0 Å². The maximum atomic E-state index is 13.3. The Morgan fingerprint density at radius 3 is 2.70 bits per heavy atom. The molecule has 0 aliphatic heterocycles. The molecule has 0 aliphatic carbocycles. The molecule has 102 valence electrons. The molecule has 2 nitrogen and oxygen atoms in total. The van der Waals surface area contributed by atoms with E-state index < -0.39 is 6.04 Å². The molecule has 1 unspecified atom stereocenters. The highest BCUT2D eigenvalue weighted by Gasteiger charge is 2.16. The number of rotatable bonds is 2. The Kier molecular flexibility index (Phi) is 3.36. The number of hydrogen-bond donors (Lipinski definition) is 1. The van der Waals surface area contributed by atoms with E-state index in [1.807, 2.05) is 24.3 Å². The van der Waals surface area contributed by atoms with Crippen LogP contribution in [0.2, 0.25) is 0 Å². The summed E-state index contributed by atoms with van der Waals surface area (Å²) in [6.07, 6.45) is 0. The average Bonchev–Trinajstić information content (AvgIpc) is 2.86. The molecule has 0 spiro atoms. The Labute approximate surface area is 124 Å². The van der Waals surface area contributed by atoms with Crippen LogP contribution < -0.4 is 5.73 Å². The fraction of sp³-hybridized carbons (Fsp3) is 0.125. The highest BCUT2D eigenvalue weighted by molar-refractivity contribution is 9.10. The second-order valence-corrected chi connectivity index (χ2v) is 5.65. The summed E-state index contributed by atoms with van der Waals surface area (Å²) in [5.41, 5.74) is 8.40. The molecule has 0 fully saturated rings. The summed E-state index contributed by atoms with van der Waals surface area (Å²) in [4.78, 5) is 0. The molecule has 0 radical (unpaired) electrons. The SMILES string of the molecule is Cc1cc(C(N)c2cc3cccc(Br)c3o2)ccc1F. The monoisotopic (exact) mass is 333 g/mol. The average molecular weight is 334 g/mol. The highest BCUT2D eigenvalue weighted by Crippen LogP contribution is 2.31. The van der Waals surface area contributed by atoms with Gasteiger partial charge in [0, 0.05) is 5.39 Å². The van der Waals surface area contributed by atoms with Gasteiger partial charge >= 0.3 is 0 Å². The van der Waals surface area contributed by atoms with Crippen LogP contribution >= 0.6 is 15.9 Å². The largest absolute Gasteiger partial charge is 0.458 e. The molecule has 2 N–H and O–H groups in total. The zero-order chi connectivity index (χ0) is 14.3. The van der Waals surface area contributed by atoms with Crippen molar-refractivity contribution in [3.8, 4) is 0 Å². The van der Waals surface area contributed by atoms with Gasteiger partial charge in [-0.15, -0.1) is 0 Å². The van der Waals surface area contributed by atoms with Crippen molar-refractivity contribution in [3.05, 3.63) is 69.6 Å². The van der Waals surface area contributed by atoms with Crippen molar-refractivity contribution < 1.29 is 8.81 Å². The fourth-order valence-corrected chi connectivity index (χ4v) is 2.69. The third kappa shape index (κ3) is 2.25. The number of aryl methyl sites for hydroxylation is 1. The van der Waals surface area contributed by atoms with E-state index in [9.17, 15) is 4.39 Å². The van der Waals surface area contributed by atoms with Crippen LogP contribution in [0, 0.1) is 12.7 Å². The van der Waals surface area contributed by atoms with E-state index in [4.69, 9.17) is 10.2 Å². The topological polar surface area (TPSA) is 39.2 Å². The van der Waals surface area contributed by atoms with E-state index in [1.54, 1.807) is 19.1 Å². The molecule has 0 bridgehead atoms. The van der Waals surface area contributed by atoms with Gasteiger partial charge in [-0.05, 0) is 52.2 Å². The van der Waals surface area contributed by atoms with Gasteiger partial charge < -0.3 is 10.2 Å². The first kappa shape index (κ1) is 13.3. The summed E-state index contributed by atoms with van der Waals surface area (Å²) in [5.74, 6) is 0.436. The number of nitrogens with two attached hydrogens (primary N) is 1. The number of para-hydroxylation sites is 1. The summed E-state index contributed by atoms with van der Waals surface area (Å²) in [6.45, 7) is 1.72. The lowest BCUT2D eigenvalue weighted by molar-refractivity contribution is 0.523. The second-order valence-electron chi connectivity index (χ2n) is 4.79. The van der Waals surface area contributed by atoms with Crippen molar-refractivity contribution in [2.24, 2.45) is 5.73 Å². The Balaban J connectivity index is 2.05. The molecule has 1 heterocycles. The molecule has 3 aromatic rings. The predicted molar refractivity (Wildman–Crippen MR) is 81.1 cm³/mol. The van der Waals surface area contributed by atoms with Gasteiger partial charge in [-0.2, -0.15) is 0 Å². The van der Waals surface area contributed by atoms with Gasteiger partial charge in [-0.1, -0.05) is 24.3 Å². The molecule has 20 heavy (non-hydrogen) atoms. The summed E-state index contributed by atoms with van der Waals surface area (Å²) in [5, 5.41) is 0.989. The van der Waals surface area contributed by atoms with Crippen LogP contribution in [-0.2, 0) is 0 Å². The van der Waals surface area contributed by atoms with Gasteiger partial charge in [0.2, 0.25) is 0 Å². The lowest BCUT2D eigenvalue weighted by Gasteiger charge is -2.10. The molecule has 2 aromatic carbocycles. The number of benzene rings is 2. The van der Waals surface area contributed by atoms with Crippen molar-refractivity contribution >= 4 is 26.9 Å². The summed E-state index contributed by atoms with van der Waals surface area (Å²) in [6, 6.07) is 12.2. The molecular weight excluding hydrogens is 321 g/mol. The van der Waals surface area contributed by atoms with Gasteiger partial charge in [-0.25, -0.2) is 4.39 Å². The number of hydrogen-bond acceptors (Lipinski definition) is 2. The lowest BCUT2D eigenvalue weighted by atomic mass is 10.0. The van der Waals surface area contributed by atoms with Crippen molar-refractivity contribution in [2.75, 3.05) is 0 Å². The van der Waals surface area contributed by atoms with Crippen molar-refractivity contribution in [1.82, 2.24) is 0 Å². The first-order valence-corrected chi connectivity index (χ1v) is 7.05. The normalized spacial score (nSPS) is 12.8. The zero-order valence-corrected chi connectivity index (χ0v) is 12.4. The molecule has 0 aliphatic rings. The Bertz CT molecular complexity index is 781. The minimum absolute atomic E-state index is 0.228. The Morgan fingerprint density at radius 2 is 2.00 bits per heavy atom. The van der Waals surface area contributed by atoms with Gasteiger partial charge in [0.25, 0.3) is 0 Å². The molecular formula is C16H13BrFNO. The third-order valence-corrected chi connectivity index (χ3v) is 3.99. The van der Waals surface area contributed by atoms with Crippen LogP contribution in [0.25, 0.3) is 11.0 Å². The highest BCUT2D eigenvalue weighted by atomic mass is 79.9. The number of furan rings is 1. The van der Waals surface area contributed by atoms with Gasteiger partial charge in [0.05, 0.1) is 10.5 Å². The van der Waals surface area contributed by atoms with E-state index >= 15 is 0 Å². The van der Waals surface area contributed by atoms with Crippen LogP contribution in [0.4, 0.5) is 4.39 Å². The molecule has 4 heteroatoms. The van der Waals surface area contributed by atoms with Crippen molar-refractivity contribution in [2.45, 2.75) is 13.0 Å². The smallest absolute Gasteiger partial charge is 0.148 e. The quantitative estimate of drug-likeness (QED) is 0.738.